The van der Waals surface area contributed by atoms with Gasteiger partial charge in [0.05, 0.1) is 23.9 Å². The minimum Gasteiger partial charge on any atom is -0.492 e. The Morgan fingerprint density at radius 2 is 2.08 bits per heavy atom. The number of halogens is 3. The lowest BCUT2D eigenvalue weighted by Gasteiger charge is -2.08. The molecule has 0 bridgehead atoms. The van der Waals surface area contributed by atoms with Gasteiger partial charge in [0.2, 0.25) is 5.91 Å². The standard InChI is InChI=1S/C18H16BrCl2N3O2/c19-12-6-7-16-23-13(11-24(16)10-12)9-22-17(25)5-2-8-26-15-4-1-3-14(20)18(15)21/h1,3-4,6-7,10-11H,2,5,8-9H2,(H,22,25). The molecule has 136 valence electrons. The Bertz CT molecular complexity index is 930. The molecular weight excluding hydrogens is 441 g/mol. The molecule has 0 radical (unpaired) electrons. The summed E-state index contributed by atoms with van der Waals surface area (Å²) in [6.07, 6.45) is 4.75. The molecule has 1 aromatic carbocycles. The zero-order chi connectivity index (χ0) is 18.5. The first-order chi connectivity index (χ1) is 12.5. The van der Waals surface area contributed by atoms with Crippen LogP contribution >= 0.6 is 39.1 Å². The third-order valence-corrected chi connectivity index (χ3v) is 4.92. The Morgan fingerprint density at radius 1 is 1.23 bits per heavy atom. The van der Waals surface area contributed by atoms with E-state index in [1.807, 2.05) is 28.9 Å². The zero-order valence-electron chi connectivity index (χ0n) is 13.7. The number of ether oxygens (including phenoxy) is 1. The Labute approximate surface area is 169 Å². The van der Waals surface area contributed by atoms with E-state index in [2.05, 4.69) is 26.2 Å². The first kappa shape index (κ1) is 19.0. The van der Waals surface area contributed by atoms with E-state index in [-0.39, 0.29) is 5.91 Å². The quantitative estimate of drug-likeness (QED) is 0.515. The molecule has 0 aliphatic carbocycles. The van der Waals surface area contributed by atoms with Crippen molar-refractivity contribution in [2.24, 2.45) is 0 Å². The Kier molecular flexibility index (Phi) is 6.40. The maximum Gasteiger partial charge on any atom is 0.220 e. The van der Waals surface area contributed by atoms with Crippen LogP contribution in [0.25, 0.3) is 5.65 Å². The molecule has 26 heavy (non-hydrogen) atoms. The topological polar surface area (TPSA) is 55.6 Å². The number of amides is 1. The fourth-order valence-electron chi connectivity index (χ4n) is 2.39. The number of hydrogen-bond donors (Lipinski definition) is 1. The van der Waals surface area contributed by atoms with E-state index in [0.717, 1.165) is 15.8 Å². The van der Waals surface area contributed by atoms with Gasteiger partial charge in [0, 0.05) is 23.3 Å². The van der Waals surface area contributed by atoms with Crippen LogP contribution in [0.2, 0.25) is 10.0 Å². The third kappa shape index (κ3) is 4.90. The first-order valence-corrected chi connectivity index (χ1v) is 9.54. The van der Waals surface area contributed by atoms with Crippen LogP contribution in [0.4, 0.5) is 0 Å². The number of nitrogens with one attached hydrogen (secondary N) is 1. The van der Waals surface area contributed by atoms with Crippen LogP contribution in [0.3, 0.4) is 0 Å². The molecule has 0 fully saturated rings. The van der Waals surface area contributed by atoms with Crippen LogP contribution < -0.4 is 10.1 Å². The maximum absolute atomic E-state index is 12.0. The molecule has 2 aromatic heterocycles. The smallest absolute Gasteiger partial charge is 0.220 e. The number of hydrogen-bond acceptors (Lipinski definition) is 3. The molecular formula is C18H16BrCl2N3O2. The fraction of sp³-hybridized carbons (Fsp3) is 0.222. The van der Waals surface area contributed by atoms with E-state index in [0.29, 0.717) is 41.8 Å². The molecule has 3 rings (SSSR count). The second-order valence-electron chi connectivity index (χ2n) is 5.63. The van der Waals surface area contributed by atoms with E-state index >= 15 is 0 Å². The molecule has 2 heterocycles. The number of nitrogens with zero attached hydrogens (tertiary/aromatic N) is 2. The monoisotopic (exact) mass is 455 g/mol. The summed E-state index contributed by atoms with van der Waals surface area (Å²) in [6, 6.07) is 9.05. The minimum absolute atomic E-state index is 0.0518. The van der Waals surface area contributed by atoms with Crippen molar-refractivity contribution in [2.75, 3.05) is 6.61 Å². The third-order valence-electron chi connectivity index (χ3n) is 3.65. The van der Waals surface area contributed by atoms with Crippen molar-refractivity contribution >= 4 is 50.7 Å². The normalized spacial score (nSPS) is 10.9. The van der Waals surface area contributed by atoms with E-state index in [1.54, 1.807) is 18.2 Å². The molecule has 8 heteroatoms. The van der Waals surface area contributed by atoms with E-state index < -0.39 is 0 Å². The van der Waals surface area contributed by atoms with Gasteiger partial charge in [0.15, 0.2) is 0 Å². The van der Waals surface area contributed by atoms with Gasteiger partial charge >= 0.3 is 0 Å². The Hall–Kier alpha value is -1.76. The molecule has 0 aliphatic rings. The Balaban J connectivity index is 1.42. The molecule has 0 spiro atoms. The van der Waals surface area contributed by atoms with E-state index in [4.69, 9.17) is 27.9 Å². The number of imidazole rings is 1. The van der Waals surface area contributed by atoms with Crippen molar-refractivity contribution in [3.05, 3.63) is 62.9 Å². The molecule has 0 unspecified atom stereocenters. The lowest BCUT2D eigenvalue weighted by atomic mass is 10.3. The van der Waals surface area contributed by atoms with Crippen molar-refractivity contribution in [2.45, 2.75) is 19.4 Å². The summed E-state index contributed by atoms with van der Waals surface area (Å²) in [7, 11) is 0. The van der Waals surface area contributed by atoms with Crippen LogP contribution in [0.5, 0.6) is 5.75 Å². The van der Waals surface area contributed by atoms with E-state index in [1.165, 1.54) is 0 Å². The summed E-state index contributed by atoms with van der Waals surface area (Å²) in [5, 5.41) is 3.70. The van der Waals surface area contributed by atoms with Gasteiger partial charge in [-0.3, -0.25) is 4.79 Å². The highest BCUT2D eigenvalue weighted by molar-refractivity contribution is 9.10. The van der Waals surface area contributed by atoms with Gasteiger partial charge in [0.25, 0.3) is 0 Å². The molecule has 5 nitrogen and oxygen atoms in total. The van der Waals surface area contributed by atoms with Crippen LogP contribution in [0.15, 0.2) is 47.2 Å². The summed E-state index contributed by atoms with van der Waals surface area (Å²) in [5.41, 5.74) is 1.64. The maximum atomic E-state index is 12.0. The number of benzene rings is 1. The average Bonchev–Trinajstić information content (AvgIpc) is 3.02. The summed E-state index contributed by atoms with van der Waals surface area (Å²) in [6.45, 7) is 0.773. The van der Waals surface area contributed by atoms with Gasteiger partial charge < -0.3 is 14.5 Å². The average molecular weight is 457 g/mol. The van der Waals surface area contributed by atoms with Gasteiger partial charge in [-0.1, -0.05) is 29.3 Å². The molecule has 0 saturated heterocycles. The van der Waals surface area contributed by atoms with Gasteiger partial charge in [-0.05, 0) is 46.6 Å². The van der Waals surface area contributed by atoms with Crippen LogP contribution in [0.1, 0.15) is 18.5 Å². The number of aromatic nitrogens is 2. The lowest BCUT2D eigenvalue weighted by molar-refractivity contribution is -0.121. The van der Waals surface area contributed by atoms with Gasteiger partial charge in [-0.25, -0.2) is 4.98 Å². The number of carbonyl (C=O) groups is 1. The highest BCUT2D eigenvalue weighted by Crippen LogP contribution is 2.31. The van der Waals surface area contributed by atoms with Crippen LogP contribution in [-0.4, -0.2) is 21.9 Å². The van der Waals surface area contributed by atoms with Crippen LogP contribution in [0, 0.1) is 0 Å². The molecule has 0 aliphatic heterocycles. The Morgan fingerprint density at radius 3 is 2.92 bits per heavy atom. The second kappa shape index (κ2) is 8.75. The predicted octanol–water partition coefficient (Wildman–Crippen LogP) is 4.88. The summed E-state index contributed by atoms with van der Waals surface area (Å²) in [5.74, 6) is 0.472. The molecule has 1 amide bonds. The van der Waals surface area contributed by atoms with Gasteiger partial charge in [0.1, 0.15) is 16.4 Å². The predicted molar refractivity (Wildman–Crippen MR) is 106 cm³/mol. The largest absolute Gasteiger partial charge is 0.492 e. The van der Waals surface area contributed by atoms with Crippen molar-refractivity contribution in [3.63, 3.8) is 0 Å². The van der Waals surface area contributed by atoms with E-state index in [9.17, 15) is 4.79 Å². The molecule has 0 atom stereocenters. The molecule has 1 N–H and O–H groups in total. The van der Waals surface area contributed by atoms with Crippen LogP contribution in [-0.2, 0) is 11.3 Å². The highest BCUT2D eigenvalue weighted by atomic mass is 79.9. The fourth-order valence-corrected chi connectivity index (χ4v) is 3.09. The zero-order valence-corrected chi connectivity index (χ0v) is 16.8. The van der Waals surface area contributed by atoms with Gasteiger partial charge in [-0.15, -0.1) is 0 Å². The number of pyridine rings is 1. The van der Waals surface area contributed by atoms with Crippen molar-refractivity contribution in [1.29, 1.82) is 0 Å². The summed E-state index contributed by atoms with van der Waals surface area (Å²) >= 11 is 15.4. The van der Waals surface area contributed by atoms with Crippen molar-refractivity contribution in [1.82, 2.24) is 14.7 Å². The molecule has 3 aromatic rings. The van der Waals surface area contributed by atoms with Crippen molar-refractivity contribution in [3.8, 4) is 5.75 Å². The first-order valence-electron chi connectivity index (χ1n) is 7.99. The minimum atomic E-state index is -0.0518. The SMILES string of the molecule is O=C(CCCOc1cccc(Cl)c1Cl)NCc1cn2cc(Br)ccc2n1. The number of carbonyl (C=O) groups excluding carboxylic acids is 1. The summed E-state index contributed by atoms with van der Waals surface area (Å²) in [4.78, 5) is 16.4. The highest BCUT2D eigenvalue weighted by Gasteiger charge is 2.07. The van der Waals surface area contributed by atoms with Crippen molar-refractivity contribution < 1.29 is 9.53 Å². The lowest BCUT2D eigenvalue weighted by Crippen LogP contribution is -2.23. The number of rotatable bonds is 7. The number of fused-ring (bicyclic) bond motifs is 1. The molecule has 0 saturated carbocycles. The second-order valence-corrected chi connectivity index (χ2v) is 7.33. The summed E-state index contributed by atoms with van der Waals surface area (Å²) < 4.78 is 8.45. The van der Waals surface area contributed by atoms with Gasteiger partial charge in [-0.2, -0.15) is 0 Å².